The summed E-state index contributed by atoms with van der Waals surface area (Å²) in [6.45, 7) is -0.288. The Morgan fingerprint density at radius 2 is 2.03 bits per heavy atom. The molecule has 12 heteroatoms. The molecule has 1 fully saturated rings. The summed E-state index contributed by atoms with van der Waals surface area (Å²) in [7, 11) is -3.97. The zero-order valence-corrected chi connectivity index (χ0v) is 17.8. The standard InChI is InChI=1S/C17H16F2IN5O3S/c18-11-9-10(20)1-2-12(11)22-14-15(19)25-13(3-7-21-25)23-16(14)24-29(27,28)17(4-5-17)6-8-26/h1-3,7,9,22,26H,4-6,8H2,(H,23,24). The van der Waals surface area contributed by atoms with Crippen LogP contribution < -0.4 is 10.0 Å². The summed E-state index contributed by atoms with van der Waals surface area (Å²) in [5.74, 6) is -1.87. The van der Waals surface area contributed by atoms with Crippen LogP contribution in [0.4, 0.5) is 26.0 Å². The molecule has 3 aromatic rings. The summed E-state index contributed by atoms with van der Waals surface area (Å²) in [6, 6.07) is 5.70. The molecule has 1 aliphatic rings. The maximum absolute atomic E-state index is 15.1. The Kier molecular flexibility index (Phi) is 5.11. The molecule has 8 nitrogen and oxygen atoms in total. The maximum Gasteiger partial charge on any atom is 0.243 e. The lowest BCUT2D eigenvalue weighted by atomic mass is 10.3. The Hall–Kier alpha value is -2.06. The summed E-state index contributed by atoms with van der Waals surface area (Å²) in [5, 5.41) is 15.6. The van der Waals surface area contributed by atoms with Gasteiger partial charge in [0.1, 0.15) is 11.5 Å². The predicted octanol–water partition coefficient (Wildman–Crippen LogP) is 3.01. The number of sulfonamides is 1. The number of nitrogens with zero attached hydrogens (tertiary/aromatic N) is 3. The molecule has 0 radical (unpaired) electrons. The van der Waals surface area contributed by atoms with Gasteiger partial charge in [-0.05, 0) is 60.1 Å². The van der Waals surface area contributed by atoms with E-state index >= 15 is 4.39 Å². The number of fused-ring (bicyclic) bond motifs is 1. The van der Waals surface area contributed by atoms with Crippen LogP contribution in [0.2, 0.25) is 0 Å². The second kappa shape index (κ2) is 7.32. The lowest BCUT2D eigenvalue weighted by molar-refractivity contribution is 0.283. The number of aliphatic hydroxyl groups excluding tert-OH is 1. The highest BCUT2D eigenvalue weighted by atomic mass is 127. The second-order valence-corrected chi connectivity index (χ2v) is 10.1. The molecule has 2 aromatic heterocycles. The van der Waals surface area contributed by atoms with Gasteiger partial charge < -0.3 is 10.4 Å². The third-order valence-electron chi connectivity index (χ3n) is 4.85. The van der Waals surface area contributed by atoms with E-state index < -0.39 is 26.5 Å². The van der Waals surface area contributed by atoms with E-state index in [4.69, 9.17) is 0 Å². The smallest absolute Gasteiger partial charge is 0.243 e. The van der Waals surface area contributed by atoms with Crippen molar-refractivity contribution in [2.75, 3.05) is 16.6 Å². The predicted molar refractivity (Wildman–Crippen MR) is 112 cm³/mol. The van der Waals surface area contributed by atoms with Crippen molar-refractivity contribution in [1.29, 1.82) is 0 Å². The van der Waals surface area contributed by atoms with Crippen LogP contribution in [0.15, 0.2) is 30.5 Å². The van der Waals surface area contributed by atoms with Crippen LogP contribution >= 0.6 is 22.6 Å². The van der Waals surface area contributed by atoms with E-state index in [0.29, 0.717) is 16.4 Å². The number of rotatable bonds is 7. The van der Waals surface area contributed by atoms with Gasteiger partial charge in [-0.1, -0.05) is 0 Å². The number of nitrogens with one attached hydrogen (secondary N) is 2. The first-order valence-corrected chi connectivity index (χ1v) is 11.2. The number of benzene rings is 1. The van der Waals surface area contributed by atoms with Gasteiger partial charge in [0.15, 0.2) is 11.5 Å². The lowest BCUT2D eigenvalue weighted by Gasteiger charge is -2.19. The van der Waals surface area contributed by atoms with Crippen molar-refractivity contribution in [2.45, 2.75) is 24.0 Å². The number of aromatic nitrogens is 3. The number of anilines is 3. The fourth-order valence-electron chi connectivity index (χ4n) is 3.05. The van der Waals surface area contributed by atoms with Gasteiger partial charge in [0.2, 0.25) is 16.0 Å². The van der Waals surface area contributed by atoms with Gasteiger partial charge >= 0.3 is 0 Å². The van der Waals surface area contributed by atoms with Gasteiger partial charge in [-0.2, -0.15) is 14.0 Å². The minimum atomic E-state index is -3.97. The highest BCUT2D eigenvalue weighted by molar-refractivity contribution is 14.1. The number of hydrogen-bond donors (Lipinski definition) is 3. The molecule has 0 bridgehead atoms. The number of aliphatic hydroxyl groups is 1. The summed E-state index contributed by atoms with van der Waals surface area (Å²) in [6.07, 6.45) is 2.14. The van der Waals surface area contributed by atoms with Crippen LogP contribution in [-0.2, 0) is 10.0 Å². The van der Waals surface area contributed by atoms with Crippen molar-refractivity contribution < 1.29 is 22.3 Å². The first-order chi connectivity index (χ1) is 13.8. The van der Waals surface area contributed by atoms with Gasteiger partial charge in [-0.25, -0.2) is 17.8 Å². The molecule has 1 saturated carbocycles. The van der Waals surface area contributed by atoms with Gasteiger partial charge in [0, 0.05) is 16.2 Å². The fraction of sp³-hybridized carbons (Fsp3) is 0.294. The molecule has 29 heavy (non-hydrogen) atoms. The normalized spacial score (nSPS) is 15.4. The van der Waals surface area contributed by atoms with Crippen LogP contribution in [0.25, 0.3) is 5.65 Å². The number of halogens is 3. The third-order valence-corrected chi connectivity index (χ3v) is 7.73. The van der Waals surface area contributed by atoms with E-state index in [0.717, 1.165) is 4.52 Å². The van der Waals surface area contributed by atoms with Crippen LogP contribution in [0.3, 0.4) is 0 Å². The van der Waals surface area contributed by atoms with E-state index in [1.165, 1.54) is 24.4 Å². The van der Waals surface area contributed by atoms with Gasteiger partial charge in [0.25, 0.3) is 0 Å². The Morgan fingerprint density at radius 3 is 2.69 bits per heavy atom. The monoisotopic (exact) mass is 535 g/mol. The Balaban J connectivity index is 1.79. The largest absolute Gasteiger partial charge is 0.396 e. The molecule has 3 N–H and O–H groups in total. The van der Waals surface area contributed by atoms with E-state index in [1.807, 2.05) is 22.6 Å². The Bertz CT molecular complexity index is 1200. The highest BCUT2D eigenvalue weighted by Gasteiger charge is 2.54. The summed E-state index contributed by atoms with van der Waals surface area (Å²) < 4.78 is 57.9. The first kappa shape index (κ1) is 20.2. The topological polar surface area (TPSA) is 109 Å². The first-order valence-electron chi connectivity index (χ1n) is 8.65. The zero-order valence-electron chi connectivity index (χ0n) is 14.9. The van der Waals surface area contributed by atoms with E-state index in [9.17, 15) is 17.9 Å². The Morgan fingerprint density at radius 1 is 1.28 bits per heavy atom. The van der Waals surface area contributed by atoms with Crippen LogP contribution in [0.5, 0.6) is 0 Å². The highest BCUT2D eigenvalue weighted by Crippen LogP contribution is 2.47. The minimum absolute atomic E-state index is 0.0467. The molecule has 0 saturated heterocycles. The van der Waals surface area contributed by atoms with Crippen LogP contribution in [0, 0.1) is 15.3 Å². The lowest BCUT2D eigenvalue weighted by Crippen LogP contribution is -2.31. The molecular formula is C17H16F2IN5O3S. The summed E-state index contributed by atoms with van der Waals surface area (Å²) in [5.41, 5.74) is -0.319. The quantitative estimate of drug-likeness (QED) is 0.317. The average molecular weight is 535 g/mol. The molecule has 154 valence electrons. The third kappa shape index (κ3) is 3.64. The van der Waals surface area contributed by atoms with Crippen LogP contribution in [-0.4, -0.2) is 39.5 Å². The van der Waals surface area contributed by atoms with Crippen molar-refractivity contribution in [3.05, 3.63) is 45.8 Å². The minimum Gasteiger partial charge on any atom is -0.396 e. The molecule has 2 heterocycles. The summed E-state index contributed by atoms with van der Waals surface area (Å²) >= 11 is 1.94. The SMILES string of the molecule is O=S(=O)(Nc1nc2ccnn2c(F)c1Nc1ccc(I)cc1F)C1(CCO)CC1. The molecule has 0 unspecified atom stereocenters. The molecule has 0 atom stereocenters. The fourth-order valence-corrected chi connectivity index (χ4v) is 5.12. The van der Waals surface area contributed by atoms with Gasteiger partial charge in [-0.15, -0.1) is 0 Å². The average Bonchev–Trinajstić information content (AvgIpc) is 3.30. The van der Waals surface area contributed by atoms with Crippen LogP contribution in [0.1, 0.15) is 19.3 Å². The molecule has 0 spiro atoms. The van der Waals surface area contributed by atoms with Crippen molar-refractivity contribution in [1.82, 2.24) is 14.6 Å². The van der Waals surface area contributed by atoms with Gasteiger partial charge in [0.05, 0.1) is 16.6 Å². The molecule has 1 aromatic carbocycles. The zero-order chi connectivity index (χ0) is 20.8. The van der Waals surface area contributed by atoms with Crippen molar-refractivity contribution >= 4 is 55.5 Å². The second-order valence-electron chi connectivity index (χ2n) is 6.74. The number of hydrogen-bond acceptors (Lipinski definition) is 6. The Labute approximate surface area is 178 Å². The van der Waals surface area contributed by atoms with Crippen molar-refractivity contribution in [3.8, 4) is 0 Å². The van der Waals surface area contributed by atoms with E-state index in [-0.39, 0.29) is 35.9 Å². The molecule has 0 amide bonds. The molecule has 4 rings (SSSR count). The molecular weight excluding hydrogens is 519 g/mol. The van der Waals surface area contributed by atoms with E-state index in [2.05, 4.69) is 20.1 Å². The van der Waals surface area contributed by atoms with Crippen molar-refractivity contribution in [3.63, 3.8) is 0 Å². The van der Waals surface area contributed by atoms with Gasteiger partial charge in [-0.3, -0.25) is 4.72 Å². The summed E-state index contributed by atoms with van der Waals surface area (Å²) in [4.78, 5) is 4.15. The molecule has 1 aliphatic carbocycles. The molecule has 0 aliphatic heterocycles. The van der Waals surface area contributed by atoms with Crippen molar-refractivity contribution in [2.24, 2.45) is 0 Å². The maximum atomic E-state index is 15.1. The van der Waals surface area contributed by atoms with E-state index in [1.54, 1.807) is 6.07 Å².